The second kappa shape index (κ2) is 20.1. The van der Waals surface area contributed by atoms with Gasteiger partial charge in [0, 0.05) is 0 Å². The summed E-state index contributed by atoms with van der Waals surface area (Å²) >= 11 is 0. The zero-order chi connectivity index (χ0) is 20.9. The van der Waals surface area contributed by atoms with Crippen molar-refractivity contribution in [3.05, 3.63) is 0 Å². The highest BCUT2D eigenvalue weighted by Gasteiger charge is 2.26. The summed E-state index contributed by atoms with van der Waals surface area (Å²) in [6.45, 7) is 6.76. The molecule has 28 heavy (non-hydrogen) atoms. The van der Waals surface area contributed by atoms with Crippen molar-refractivity contribution in [3.8, 4) is 0 Å². The molecule has 168 valence electrons. The Morgan fingerprint density at radius 1 is 0.607 bits per heavy atom. The van der Waals surface area contributed by atoms with E-state index in [1.165, 1.54) is 84.0 Å². The van der Waals surface area contributed by atoms with Gasteiger partial charge in [-0.2, -0.15) is 0 Å². The molecule has 0 aliphatic heterocycles. The number of rotatable bonds is 22. The molecule has 0 amide bonds. The van der Waals surface area contributed by atoms with Gasteiger partial charge in [0.05, 0.1) is 13.2 Å². The van der Waals surface area contributed by atoms with Crippen molar-refractivity contribution in [1.82, 2.24) is 0 Å². The van der Waals surface area contributed by atoms with Crippen molar-refractivity contribution in [2.75, 3.05) is 19.4 Å². The summed E-state index contributed by atoms with van der Waals surface area (Å²) in [5, 5.41) is 0. The minimum Gasteiger partial charge on any atom is -0.308 e. The van der Waals surface area contributed by atoms with Crippen molar-refractivity contribution in [2.24, 2.45) is 0 Å². The van der Waals surface area contributed by atoms with Gasteiger partial charge in [0.2, 0.25) is 0 Å². The Labute approximate surface area is 175 Å². The fourth-order valence-electron chi connectivity index (χ4n) is 3.28. The van der Waals surface area contributed by atoms with Gasteiger partial charge in [0.25, 0.3) is 0 Å². The SMILES string of the molecule is CCCCCCCCCCOP(=O)(CC(C)=O)OCCCCCCCCCC. The molecule has 0 bridgehead atoms. The Kier molecular flexibility index (Phi) is 20.0. The molecule has 0 atom stereocenters. The molecule has 0 aliphatic rings. The molecule has 0 spiro atoms. The predicted molar refractivity (Wildman–Crippen MR) is 120 cm³/mol. The van der Waals surface area contributed by atoms with Crippen molar-refractivity contribution in [1.29, 1.82) is 0 Å². The number of hydrogen-bond acceptors (Lipinski definition) is 4. The molecule has 0 rings (SSSR count). The molecule has 0 radical (unpaired) electrons. The predicted octanol–water partition coefficient (Wildman–Crippen LogP) is 8.08. The number of hydrogen-bond donors (Lipinski definition) is 0. The summed E-state index contributed by atoms with van der Waals surface area (Å²) in [4.78, 5) is 11.4. The van der Waals surface area contributed by atoms with E-state index in [1.807, 2.05) is 0 Å². The number of ketones is 1. The van der Waals surface area contributed by atoms with Crippen LogP contribution in [0.25, 0.3) is 0 Å². The lowest BCUT2D eigenvalue weighted by molar-refractivity contribution is -0.114. The second-order valence-electron chi connectivity index (χ2n) is 8.09. The molecule has 0 unspecified atom stereocenters. The standard InChI is InChI=1S/C23H47O4P/c1-4-6-8-10-12-14-16-18-20-26-28(25,22-23(3)24)27-21-19-17-15-13-11-9-7-5-2/h4-22H2,1-3H3. The van der Waals surface area contributed by atoms with Crippen LogP contribution in [0.15, 0.2) is 0 Å². The third-order valence-corrected chi connectivity index (χ3v) is 6.97. The van der Waals surface area contributed by atoms with Crippen LogP contribution in [0.4, 0.5) is 0 Å². The maximum Gasteiger partial charge on any atom is 0.338 e. The molecule has 0 fully saturated rings. The minimum atomic E-state index is -3.27. The van der Waals surface area contributed by atoms with Crippen LogP contribution in [0.5, 0.6) is 0 Å². The lowest BCUT2D eigenvalue weighted by Crippen LogP contribution is -2.08. The van der Waals surface area contributed by atoms with Gasteiger partial charge >= 0.3 is 7.60 Å². The monoisotopic (exact) mass is 418 g/mol. The first-order chi connectivity index (χ1) is 13.5. The topological polar surface area (TPSA) is 52.6 Å². The van der Waals surface area contributed by atoms with Gasteiger partial charge in [-0.1, -0.05) is 104 Å². The summed E-state index contributed by atoms with van der Waals surface area (Å²) in [7, 11) is -3.27. The lowest BCUT2D eigenvalue weighted by atomic mass is 10.1. The van der Waals surface area contributed by atoms with E-state index in [1.54, 1.807) is 0 Å². The van der Waals surface area contributed by atoms with Crippen molar-refractivity contribution >= 4 is 13.4 Å². The van der Waals surface area contributed by atoms with Crippen LogP contribution in [0.2, 0.25) is 0 Å². The second-order valence-corrected chi connectivity index (χ2v) is 10.1. The number of Topliss-reactive ketones (excluding diaryl/α,β-unsaturated/α-hetero) is 1. The van der Waals surface area contributed by atoms with Crippen LogP contribution in [-0.4, -0.2) is 25.2 Å². The van der Waals surface area contributed by atoms with E-state index >= 15 is 0 Å². The maximum atomic E-state index is 12.8. The highest BCUT2D eigenvalue weighted by atomic mass is 31.2. The summed E-state index contributed by atoms with van der Waals surface area (Å²) in [5.74, 6) is -0.129. The highest BCUT2D eigenvalue weighted by molar-refractivity contribution is 7.54. The Morgan fingerprint density at radius 2 is 0.929 bits per heavy atom. The van der Waals surface area contributed by atoms with E-state index in [0.29, 0.717) is 13.2 Å². The Bertz CT molecular complexity index is 372. The smallest absolute Gasteiger partial charge is 0.308 e. The Morgan fingerprint density at radius 3 is 1.25 bits per heavy atom. The van der Waals surface area contributed by atoms with Crippen LogP contribution in [0, 0.1) is 0 Å². The van der Waals surface area contributed by atoms with Crippen LogP contribution in [0.1, 0.15) is 124 Å². The average Bonchev–Trinajstić information content (AvgIpc) is 2.65. The third kappa shape index (κ3) is 19.2. The molecule has 0 aromatic carbocycles. The third-order valence-electron chi connectivity index (χ3n) is 4.99. The van der Waals surface area contributed by atoms with Gasteiger partial charge in [-0.05, 0) is 19.8 Å². The van der Waals surface area contributed by atoms with Gasteiger partial charge < -0.3 is 9.05 Å². The van der Waals surface area contributed by atoms with Crippen LogP contribution >= 0.6 is 7.60 Å². The van der Waals surface area contributed by atoms with Gasteiger partial charge in [-0.3, -0.25) is 9.36 Å². The number of carbonyl (C=O) groups is 1. The minimum absolute atomic E-state index is 0.0962. The van der Waals surface area contributed by atoms with E-state index in [-0.39, 0.29) is 11.9 Å². The first-order valence-electron chi connectivity index (χ1n) is 11.9. The zero-order valence-electron chi connectivity index (χ0n) is 19.0. The normalized spacial score (nSPS) is 11.8. The van der Waals surface area contributed by atoms with Gasteiger partial charge in [-0.25, -0.2) is 0 Å². The number of unbranched alkanes of at least 4 members (excludes halogenated alkanes) is 14. The van der Waals surface area contributed by atoms with E-state index in [2.05, 4.69) is 13.8 Å². The van der Waals surface area contributed by atoms with Crippen molar-refractivity contribution < 1.29 is 18.4 Å². The van der Waals surface area contributed by atoms with Crippen LogP contribution in [-0.2, 0) is 18.4 Å². The molecule has 0 heterocycles. The molecule has 0 saturated carbocycles. The Hall–Kier alpha value is -0.180. The fourth-order valence-corrected chi connectivity index (χ4v) is 4.90. The summed E-state index contributed by atoms with van der Waals surface area (Å²) < 4.78 is 23.9. The number of carbonyl (C=O) groups excluding carboxylic acids is 1. The van der Waals surface area contributed by atoms with Crippen molar-refractivity contribution in [2.45, 2.75) is 124 Å². The quantitative estimate of drug-likeness (QED) is 0.132. The largest absolute Gasteiger partial charge is 0.338 e. The molecule has 0 aromatic rings. The molecule has 0 aromatic heterocycles. The van der Waals surface area contributed by atoms with Crippen molar-refractivity contribution in [3.63, 3.8) is 0 Å². The average molecular weight is 419 g/mol. The summed E-state index contributed by atoms with van der Waals surface area (Å²) in [6, 6.07) is 0. The van der Waals surface area contributed by atoms with Gasteiger partial charge in [0.1, 0.15) is 11.9 Å². The fraction of sp³-hybridized carbons (Fsp3) is 0.957. The molecular formula is C23H47O4P. The lowest BCUT2D eigenvalue weighted by Gasteiger charge is -2.17. The molecule has 5 heteroatoms. The van der Waals surface area contributed by atoms with Gasteiger partial charge in [-0.15, -0.1) is 0 Å². The summed E-state index contributed by atoms with van der Waals surface area (Å²) in [5.41, 5.74) is 0. The van der Waals surface area contributed by atoms with E-state index in [9.17, 15) is 9.36 Å². The van der Waals surface area contributed by atoms with E-state index in [0.717, 1.165) is 25.7 Å². The zero-order valence-corrected chi connectivity index (χ0v) is 19.9. The first-order valence-corrected chi connectivity index (χ1v) is 13.6. The van der Waals surface area contributed by atoms with Crippen LogP contribution in [0.3, 0.4) is 0 Å². The van der Waals surface area contributed by atoms with Crippen LogP contribution < -0.4 is 0 Å². The molecule has 0 aliphatic carbocycles. The Balaban J connectivity index is 3.81. The molecule has 0 N–H and O–H groups in total. The first kappa shape index (κ1) is 27.8. The molecule has 0 saturated heterocycles. The molecule has 4 nitrogen and oxygen atoms in total. The van der Waals surface area contributed by atoms with E-state index in [4.69, 9.17) is 9.05 Å². The maximum absolute atomic E-state index is 12.8. The molecular weight excluding hydrogens is 371 g/mol. The summed E-state index contributed by atoms with van der Waals surface area (Å²) in [6.07, 6.45) is 19.2. The van der Waals surface area contributed by atoms with E-state index < -0.39 is 7.60 Å². The highest BCUT2D eigenvalue weighted by Crippen LogP contribution is 2.48. The van der Waals surface area contributed by atoms with Gasteiger partial charge in [0.15, 0.2) is 0 Å².